The molecule has 3 amide bonds. The van der Waals surface area contributed by atoms with Crippen molar-refractivity contribution in [3.8, 4) is 0 Å². The van der Waals surface area contributed by atoms with E-state index >= 15 is 0 Å². The van der Waals surface area contributed by atoms with E-state index in [1.165, 1.54) is 23.2 Å². The van der Waals surface area contributed by atoms with Crippen molar-refractivity contribution in [2.24, 2.45) is 0 Å². The number of fused-ring (bicyclic) bond motifs is 1. The second-order valence-corrected chi connectivity index (χ2v) is 8.48. The number of imide groups is 1. The van der Waals surface area contributed by atoms with Crippen molar-refractivity contribution in [1.29, 1.82) is 0 Å². The van der Waals surface area contributed by atoms with Gasteiger partial charge in [0.05, 0.1) is 11.9 Å². The summed E-state index contributed by atoms with van der Waals surface area (Å²) in [5.41, 5.74) is -0.171. The molecule has 1 aliphatic carbocycles. The van der Waals surface area contributed by atoms with Gasteiger partial charge in [0.25, 0.3) is 5.91 Å². The maximum Gasteiger partial charge on any atom is 0.329 e. The van der Waals surface area contributed by atoms with Gasteiger partial charge in [-0.1, -0.05) is 48.9 Å². The monoisotopic (exact) mass is 409 g/mol. The van der Waals surface area contributed by atoms with Crippen LogP contribution in [0.3, 0.4) is 0 Å². The van der Waals surface area contributed by atoms with Crippen LogP contribution in [0.2, 0.25) is 5.02 Å². The number of aromatic nitrogens is 1. The number of anilines is 1. The van der Waals surface area contributed by atoms with Crippen LogP contribution < -0.4 is 10.2 Å². The van der Waals surface area contributed by atoms with Gasteiger partial charge in [-0.25, -0.2) is 14.1 Å². The fourth-order valence-electron chi connectivity index (χ4n) is 4.81. The van der Waals surface area contributed by atoms with Crippen LogP contribution in [0, 0.1) is 5.82 Å². The zero-order valence-electron chi connectivity index (χ0n) is 15.6. The number of halogens is 2. The Morgan fingerprint density at radius 3 is 2.66 bits per heavy atom. The van der Waals surface area contributed by atoms with Crippen molar-refractivity contribution >= 4 is 40.0 Å². The first-order chi connectivity index (χ1) is 13.8. The van der Waals surface area contributed by atoms with Gasteiger partial charge < -0.3 is 5.32 Å². The maximum absolute atomic E-state index is 13.4. The summed E-state index contributed by atoms with van der Waals surface area (Å²) in [7, 11) is 0. The van der Waals surface area contributed by atoms with Crippen LogP contribution >= 0.6 is 11.6 Å². The van der Waals surface area contributed by atoms with Crippen molar-refractivity contribution in [1.82, 2.24) is 10.3 Å². The van der Waals surface area contributed by atoms with Gasteiger partial charge in [-0.15, -0.1) is 0 Å². The fourth-order valence-corrected chi connectivity index (χ4v) is 5.20. The van der Waals surface area contributed by atoms with E-state index in [1.807, 2.05) is 31.2 Å². The molecule has 29 heavy (non-hydrogen) atoms. The lowest BCUT2D eigenvalue weighted by Gasteiger charge is -2.51. The third kappa shape index (κ3) is 2.55. The first-order valence-corrected chi connectivity index (χ1v) is 9.66. The molecule has 1 spiro atoms. The summed E-state index contributed by atoms with van der Waals surface area (Å²) in [5.74, 6) is -0.701. The van der Waals surface area contributed by atoms with Gasteiger partial charge in [-0.3, -0.25) is 9.78 Å². The highest BCUT2D eigenvalue weighted by atomic mass is 35.5. The SMILES string of the molecule is CC1(c2ccc(F)cc2Cl)CC2(C1)NC(=O)N(c1cncc3ccccc13)C2=O. The van der Waals surface area contributed by atoms with Crippen LogP contribution in [0.5, 0.6) is 0 Å². The second-order valence-electron chi connectivity index (χ2n) is 8.07. The summed E-state index contributed by atoms with van der Waals surface area (Å²) in [6, 6.07) is 11.3. The molecule has 1 saturated heterocycles. The number of carbonyl (C=O) groups is 2. The molecule has 0 bridgehead atoms. The molecule has 5 nitrogen and oxygen atoms in total. The van der Waals surface area contributed by atoms with Gasteiger partial charge in [0.1, 0.15) is 11.4 Å². The molecule has 3 aromatic rings. The highest BCUT2D eigenvalue weighted by Crippen LogP contribution is 2.54. The van der Waals surface area contributed by atoms with Crippen LogP contribution in [0.1, 0.15) is 25.3 Å². The van der Waals surface area contributed by atoms with E-state index in [0.29, 0.717) is 23.6 Å². The predicted octanol–water partition coefficient (Wildman–Crippen LogP) is 4.57. The number of urea groups is 1. The van der Waals surface area contributed by atoms with E-state index in [2.05, 4.69) is 10.3 Å². The molecule has 146 valence electrons. The van der Waals surface area contributed by atoms with Gasteiger partial charge in [0, 0.05) is 22.0 Å². The number of carbonyl (C=O) groups excluding carboxylic acids is 2. The lowest BCUT2D eigenvalue weighted by atomic mass is 9.55. The van der Waals surface area contributed by atoms with E-state index in [1.54, 1.807) is 12.3 Å². The fraction of sp³-hybridized carbons (Fsp3) is 0.227. The highest BCUT2D eigenvalue weighted by Gasteiger charge is 2.64. The molecule has 7 heteroatoms. The molecular weight excluding hydrogens is 393 g/mol. The highest BCUT2D eigenvalue weighted by molar-refractivity contribution is 6.31. The number of hydrogen-bond donors (Lipinski definition) is 1. The molecule has 2 aliphatic rings. The Kier molecular flexibility index (Phi) is 3.74. The largest absolute Gasteiger partial charge is 0.329 e. The number of rotatable bonds is 2. The van der Waals surface area contributed by atoms with Crippen molar-refractivity contribution in [2.45, 2.75) is 30.7 Å². The van der Waals surface area contributed by atoms with E-state index in [9.17, 15) is 14.0 Å². The number of amides is 3. The van der Waals surface area contributed by atoms with E-state index in [0.717, 1.165) is 16.3 Å². The molecule has 2 aromatic carbocycles. The van der Waals surface area contributed by atoms with Gasteiger partial charge in [0.15, 0.2) is 0 Å². The van der Waals surface area contributed by atoms with Crippen molar-refractivity contribution in [3.63, 3.8) is 0 Å². The van der Waals surface area contributed by atoms with Gasteiger partial charge >= 0.3 is 6.03 Å². The van der Waals surface area contributed by atoms with Crippen molar-refractivity contribution < 1.29 is 14.0 Å². The number of pyridine rings is 1. The van der Waals surface area contributed by atoms with Crippen LogP contribution in [-0.4, -0.2) is 22.5 Å². The third-order valence-electron chi connectivity index (χ3n) is 6.02. The molecule has 1 N–H and O–H groups in total. The summed E-state index contributed by atoms with van der Waals surface area (Å²) >= 11 is 6.25. The normalized spacial score (nSPS) is 26.1. The molecule has 0 unspecified atom stereocenters. The number of nitrogens with zero attached hydrogens (tertiary/aromatic N) is 2. The predicted molar refractivity (Wildman–Crippen MR) is 108 cm³/mol. The Balaban J connectivity index is 1.49. The average Bonchev–Trinajstić information content (AvgIpc) is 2.91. The molecule has 5 rings (SSSR count). The van der Waals surface area contributed by atoms with E-state index in [4.69, 9.17) is 11.6 Å². The quantitative estimate of drug-likeness (QED) is 0.630. The summed E-state index contributed by atoms with van der Waals surface area (Å²) < 4.78 is 13.4. The maximum atomic E-state index is 13.4. The summed E-state index contributed by atoms with van der Waals surface area (Å²) in [6.45, 7) is 1.97. The zero-order valence-corrected chi connectivity index (χ0v) is 16.3. The summed E-state index contributed by atoms with van der Waals surface area (Å²) in [5, 5.41) is 4.84. The molecule has 1 saturated carbocycles. The molecular formula is C22H17ClFN3O2. The van der Waals surface area contributed by atoms with E-state index in [-0.39, 0.29) is 5.91 Å². The summed E-state index contributed by atoms with van der Waals surface area (Å²) in [6.07, 6.45) is 4.02. The number of nitrogens with one attached hydrogen (secondary N) is 1. The zero-order chi connectivity index (χ0) is 20.4. The minimum absolute atomic E-state index is 0.295. The van der Waals surface area contributed by atoms with Crippen LogP contribution in [-0.2, 0) is 10.2 Å². The first kappa shape index (κ1) is 18.1. The Hall–Kier alpha value is -2.99. The van der Waals surface area contributed by atoms with Crippen LogP contribution in [0.4, 0.5) is 14.9 Å². The van der Waals surface area contributed by atoms with Gasteiger partial charge in [0.2, 0.25) is 0 Å². The first-order valence-electron chi connectivity index (χ1n) is 9.28. The summed E-state index contributed by atoms with van der Waals surface area (Å²) in [4.78, 5) is 31.5. The molecule has 1 aliphatic heterocycles. The minimum Gasteiger partial charge on any atom is -0.323 e. The second kappa shape index (κ2) is 6.00. The number of benzene rings is 2. The van der Waals surface area contributed by atoms with Gasteiger partial charge in [-0.05, 0) is 36.0 Å². The molecule has 2 heterocycles. The molecule has 0 radical (unpaired) electrons. The Bertz CT molecular complexity index is 1180. The number of hydrogen-bond acceptors (Lipinski definition) is 3. The lowest BCUT2D eigenvalue weighted by Crippen LogP contribution is -2.63. The lowest BCUT2D eigenvalue weighted by molar-refractivity contribution is -0.127. The topological polar surface area (TPSA) is 62.3 Å². The Labute approximate surface area is 171 Å². The van der Waals surface area contributed by atoms with Crippen LogP contribution in [0.15, 0.2) is 54.9 Å². The van der Waals surface area contributed by atoms with E-state index < -0.39 is 22.8 Å². The smallest absolute Gasteiger partial charge is 0.323 e. The molecule has 2 fully saturated rings. The minimum atomic E-state index is -0.986. The van der Waals surface area contributed by atoms with Crippen LogP contribution in [0.25, 0.3) is 10.8 Å². The molecule has 1 aromatic heterocycles. The standard InChI is InChI=1S/C22H17ClFN3O2/c1-21(16-7-6-14(24)8-17(16)23)11-22(12-21)19(28)27(20(29)26-22)18-10-25-9-13-4-2-3-5-15(13)18/h2-10H,11-12H2,1H3,(H,26,29). The molecule has 0 atom stereocenters. The van der Waals surface area contributed by atoms with Crippen molar-refractivity contribution in [2.75, 3.05) is 4.90 Å². The van der Waals surface area contributed by atoms with Crippen molar-refractivity contribution in [3.05, 3.63) is 71.3 Å². The van der Waals surface area contributed by atoms with Gasteiger partial charge in [-0.2, -0.15) is 0 Å². The Morgan fingerprint density at radius 2 is 1.90 bits per heavy atom. The third-order valence-corrected chi connectivity index (χ3v) is 6.33. The Morgan fingerprint density at radius 1 is 1.14 bits per heavy atom. The average molecular weight is 410 g/mol.